The highest BCUT2D eigenvalue weighted by molar-refractivity contribution is 5.83. The number of carboxylic acid groups (broad SMARTS) is 3. The summed E-state index contributed by atoms with van der Waals surface area (Å²) >= 11 is 0. The van der Waals surface area contributed by atoms with Crippen LogP contribution in [0.2, 0.25) is 0 Å². The number of aliphatic hydroxyl groups excluding tert-OH is 3. The maximum absolute atomic E-state index is 10.2. The Balaban J connectivity index is -0.0000000633. The van der Waals surface area contributed by atoms with Crippen LogP contribution in [0.4, 0.5) is 0 Å². The van der Waals surface area contributed by atoms with Crippen LogP contribution in [0.25, 0.3) is 0 Å². The summed E-state index contributed by atoms with van der Waals surface area (Å²) < 4.78 is 4.86. The molecule has 0 aliphatic heterocycles. The molecule has 0 aromatic carbocycles. The second kappa shape index (κ2) is 44.1. The van der Waals surface area contributed by atoms with E-state index in [1.807, 2.05) is 0 Å². The molecule has 0 spiro atoms. The average Bonchev–Trinajstić information content (AvgIpc) is 2.72. The van der Waals surface area contributed by atoms with Gasteiger partial charge in [-0.2, -0.15) is 0 Å². The second-order valence-electron chi connectivity index (χ2n) is 3.72. The lowest BCUT2D eigenvalue weighted by molar-refractivity contribution is -0.136. The van der Waals surface area contributed by atoms with Gasteiger partial charge >= 0.3 is 17.9 Å². The van der Waals surface area contributed by atoms with Crippen LogP contribution in [0, 0.1) is 0 Å². The minimum atomic E-state index is -1.08. The number of hydrogen-bond donors (Lipinski definition) is 6. The second-order valence-corrected chi connectivity index (χ2v) is 3.72. The SMILES string of the molecule is C=C(OCCCCCC)C(=O)O.C=CC(=O)O.C=CC(=O)O.CO.CO.CO. The largest absolute Gasteiger partial charge is 0.487 e. The molecule has 0 bridgehead atoms. The van der Waals surface area contributed by atoms with Crippen molar-refractivity contribution >= 4 is 17.9 Å². The number of hydrogen-bond acceptors (Lipinski definition) is 7. The van der Waals surface area contributed by atoms with Crippen LogP contribution < -0.4 is 0 Å². The molecule has 0 heterocycles. The van der Waals surface area contributed by atoms with Gasteiger partial charge < -0.3 is 35.4 Å². The van der Waals surface area contributed by atoms with Gasteiger partial charge in [0.1, 0.15) is 0 Å². The predicted octanol–water partition coefficient (Wildman–Crippen LogP) is 1.52. The Morgan fingerprint density at radius 3 is 1.32 bits per heavy atom. The molecule has 0 rings (SSSR count). The van der Waals surface area contributed by atoms with Crippen molar-refractivity contribution in [2.75, 3.05) is 27.9 Å². The van der Waals surface area contributed by atoms with Crippen molar-refractivity contribution in [3.05, 3.63) is 37.6 Å². The van der Waals surface area contributed by atoms with E-state index < -0.39 is 17.9 Å². The van der Waals surface area contributed by atoms with E-state index in [0.717, 1.165) is 46.3 Å². The Kier molecular flexibility index (Phi) is 63.2. The Bertz CT molecular complexity index is 361. The number of rotatable bonds is 9. The van der Waals surface area contributed by atoms with Crippen LogP contribution in [0.15, 0.2) is 37.6 Å². The zero-order valence-corrected chi connectivity index (χ0v) is 17.1. The summed E-state index contributed by atoms with van der Waals surface area (Å²) in [7, 11) is 3.00. The van der Waals surface area contributed by atoms with Gasteiger partial charge in [-0.15, -0.1) is 0 Å². The summed E-state index contributed by atoms with van der Waals surface area (Å²) in [5, 5.41) is 44.6. The number of aliphatic carboxylic acids is 3. The Hall–Kier alpha value is -2.69. The van der Waals surface area contributed by atoms with Gasteiger partial charge in [0.15, 0.2) is 5.76 Å². The van der Waals surface area contributed by atoms with E-state index >= 15 is 0 Å². The number of ether oxygens (including phenoxy) is 1. The molecular formula is C18H36O10. The van der Waals surface area contributed by atoms with Crippen LogP contribution in [0.5, 0.6) is 0 Å². The van der Waals surface area contributed by atoms with Crippen molar-refractivity contribution in [1.82, 2.24) is 0 Å². The van der Waals surface area contributed by atoms with Crippen molar-refractivity contribution in [3.63, 3.8) is 0 Å². The van der Waals surface area contributed by atoms with Gasteiger partial charge in [0, 0.05) is 33.5 Å². The first-order valence-electron chi connectivity index (χ1n) is 7.82. The van der Waals surface area contributed by atoms with Crippen LogP contribution in [-0.2, 0) is 19.1 Å². The fraction of sp³-hybridized carbons (Fsp3) is 0.500. The van der Waals surface area contributed by atoms with E-state index in [4.69, 9.17) is 35.4 Å². The highest BCUT2D eigenvalue weighted by Crippen LogP contribution is 2.01. The highest BCUT2D eigenvalue weighted by atomic mass is 16.5. The molecule has 0 aromatic rings. The first-order chi connectivity index (χ1) is 13.2. The van der Waals surface area contributed by atoms with E-state index in [1.165, 1.54) is 12.8 Å². The van der Waals surface area contributed by atoms with E-state index in [2.05, 4.69) is 26.7 Å². The minimum Gasteiger partial charge on any atom is -0.487 e. The fourth-order valence-corrected chi connectivity index (χ4v) is 0.786. The maximum atomic E-state index is 10.2. The van der Waals surface area contributed by atoms with Gasteiger partial charge in [-0.25, -0.2) is 14.4 Å². The minimum absolute atomic E-state index is 0.161. The van der Waals surface area contributed by atoms with Crippen molar-refractivity contribution in [2.24, 2.45) is 0 Å². The quantitative estimate of drug-likeness (QED) is 0.184. The molecule has 0 fully saturated rings. The molecular weight excluding hydrogens is 376 g/mol. The zero-order valence-electron chi connectivity index (χ0n) is 17.1. The van der Waals surface area contributed by atoms with Gasteiger partial charge in [-0.1, -0.05) is 39.3 Å². The number of carboxylic acids is 3. The fourth-order valence-electron chi connectivity index (χ4n) is 0.786. The number of aliphatic hydroxyl groups is 3. The smallest absolute Gasteiger partial charge is 0.370 e. The van der Waals surface area contributed by atoms with Gasteiger partial charge in [0.25, 0.3) is 0 Å². The molecule has 0 amide bonds. The van der Waals surface area contributed by atoms with Gasteiger partial charge in [-0.05, 0) is 13.0 Å². The molecule has 0 radical (unpaired) electrons. The summed E-state index contributed by atoms with van der Waals surface area (Å²) in [4.78, 5) is 28.7. The molecule has 6 N–H and O–H groups in total. The normalized spacial score (nSPS) is 6.96. The average molecular weight is 412 g/mol. The molecule has 10 nitrogen and oxygen atoms in total. The molecule has 0 aromatic heterocycles. The zero-order chi connectivity index (χ0) is 24.0. The number of carbonyl (C=O) groups is 3. The topological polar surface area (TPSA) is 182 Å². The molecule has 0 aliphatic carbocycles. The molecule has 10 heteroatoms. The van der Waals surface area contributed by atoms with Crippen molar-refractivity contribution in [2.45, 2.75) is 32.6 Å². The third-order valence-electron chi connectivity index (χ3n) is 1.86. The molecule has 0 saturated carbocycles. The number of unbranched alkanes of at least 4 members (excludes halogenated alkanes) is 3. The summed E-state index contributed by atoms with van der Waals surface area (Å²) in [5.74, 6) is -3.20. The van der Waals surface area contributed by atoms with E-state index in [0.29, 0.717) is 6.61 Å². The van der Waals surface area contributed by atoms with E-state index in [-0.39, 0.29) is 5.76 Å². The standard InChI is InChI=1S/C9H16O3.2C3H4O2.3CH4O/c1-3-4-5-6-7-12-8(2)9(10)11;2*1-2-3(4)5;3*1-2/h2-7H2,1H3,(H,10,11);2*2H,1H2,(H,4,5);3*2H,1H3. The molecule has 28 heavy (non-hydrogen) atoms. The van der Waals surface area contributed by atoms with E-state index in [9.17, 15) is 14.4 Å². The van der Waals surface area contributed by atoms with Crippen molar-refractivity contribution in [1.29, 1.82) is 0 Å². The van der Waals surface area contributed by atoms with Gasteiger partial charge in [0.2, 0.25) is 0 Å². The summed E-state index contributed by atoms with van der Waals surface area (Å²) in [6.45, 7) is 11.8. The summed E-state index contributed by atoms with van der Waals surface area (Å²) in [6.07, 6.45) is 5.99. The van der Waals surface area contributed by atoms with Crippen molar-refractivity contribution < 1.29 is 49.8 Å². The lowest BCUT2D eigenvalue weighted by Crippen LogP contribution is -2.04. The van der Waals surface area contributed by atoms with Crippen LogP contribution in [0.3, 0.4) is 0 Å². The summed E-state index contributed by atoms with van der Waals surface area (Å²) in [5.41, 5.74) is 0. The highest BCUT2D eigenvalue weighted by Gasteiger charge is 2.02. The Labute approximate surface area is 166 Å². The monoisotopic (exact) mass is 412 g/mol. The molecule has 0 saturated heterocycles. The van der Waals surface area contributed by atoms with Crippen LogP contribution in [0.1, 0.15) is 32.6 Å². The molecule has 168 valence electrons. The Morgan fingerprint density at radius 2 is 1.11 bits per heavy atom. The lowest BCUT2D eigenvalue weighted by atomic mass is 10.2. The van der Waals surface area contributed by atoms with Gasteiger partial charge in [0.05, 0.1) is 6.61 Å². The summed E-state index contributed by atoms with van der Waals surface area (Å²) in [6, 6.07) is 0. The third kappa shape index (κ3) is 76.6. The lowest BCUT2D eigenvalue weighted by Gasteiger charge is -2.03. The van der Waals surface area contributed by atoms with Crippen molar-refractivity contribution in [3.8, 4) is 0 Å². The molecule has 0 unspecified atom stereocenters. The Morgan fingerprint density at radius 1 is 0.786 bits per heavy atom. The van der Waals surface area contributed by atoms with Gasteiger partial charge in [-0.3, -0.25) is 0 Å². The van der Waals surface area contributed by atoms with Crippen LogP contribution in [-0.4, -0.2) is 76.5 Å². The first kappa shape index (κ1) is 40.1. The van der Waals surface area contributed by atoms with E-state index in [1.54, 1.807) is 0 Å². The van der Waals surface area contributed by atoms with Crippen LogP contribution >= 0.6 is 0 Å². The first-order valence-corrected chi connectivity index (χ1v) is 7.82. The third-order valence-corrected chi connectivity index (χ3v) is 1.86. The maximum Gasteiger partial charge on any atom is 0.370 e. The molecule has 0 aliphatic rings. The molecule has 0 atom stereocenters. The predicted molar refractivity (Wildman–Crippen MR) is 107 cm³/mol.